The van der Waals surface area contributed by atoms with Gasteiger partial charge in [-0.15, -0.1) is 0 Å². The molecular weight excluding hydrogens is 406 g/mol. The lowest BCUT2D eigenvalue weighted by Gasteiger charge is -2.36. The van der Waals surface area contributed by atoms with Gasteiger partial charge in [-0.25, -0.2) is 4.79 Å². The van der Waals surface area contributed by atoms with Crippen molar-refractivity contribution in [3.8, 4) is 0 Å². The maximum atomic E-state index is 12.7. The van der Waals surface area contributed by atoms with Crippen molar-refractivity contribution in [1.82, 2.24) is 19.8 Å². The Morgan fingerprint density at radius 1 is 1.03 bits per heavy atom. The second-order valence-corrected chi connectivity index (χ2v) is 8.61. The van der Waals surface area contributed by atoms with E-state index in [1.807, 2.05) is 42.5 Å². The molecule has 0 radical (unpaired) electrons. The summed E-state index contributed by atoms with van der Waals surface area (Å²) in [6.45, 7) is 4.39. The van der Waals surface area contributed by atoms with Gasteiger partial charge in [-0.1, -0.05) is 6.07 Å². The Morgan fingerprint density at radius 2 is 1.75 bits per heavy atom. The highest BCUT2D eigenvalue weighted by Crippen LogP contribution is 2.32. The van der Waals surface area contributed by atoms with Crippen LogP contribution in [-0.4, -0.2) is 53.6 Å². The molecule has 3 aromatic rings. The average molecular weight is 434 g/mol. The van der Waals surface area contributed by atoms with Crippen molar-refractivity contribution in [2.45, 2.75) is 25.4 Å². The number of hydrogen-bond acceptors (Lipinski definition) is 5. The maximum Gasteiger partial charge on any atom is 0.329 e. The molecule has 1 amide bonds. The van der Waals surface area contributed by atoms with Crippen LogP contribution in [0.5, 0.6) is 0 Å². The summed E-state index contributed by atoms with van der Waals surface area (Å²) in [5.74, 6) is -0.0791. The number of carbonyl (C=O) groups excluding carboxylic acids is 1. The van der Waals surface area contributed by atoms with E-state index in [0.29, 0.717) is 16.5 Å². The number of hydrogen-bond donors (Lipinski definition) is 2. The molecule has 1 saturated carbocycles. The first-order valence-corrected chi connectivity index (χ1v) is 11.1. The van der Waals surface area contributed by atoms with Gasteiger partial charge in [0.25, 0.3) is 11.5 Å². The first-order chi connectivity index (χ1) is 15.5. The molecule has 1 aliphatic heterocycles. The number of nitrogens with zero attached hydrogens (tertiary/aromatic N) is 3. The molecule has 0 bridgehead atoms. The average Bonchev–Trinajstić information content (AvgIpc) is 3.64. The van der Waals surface area contributed by atoms with Gasteiger partial charge in [0.05, 0.1) is 10.9 Å². The predicted molar refractivity (Wildman–Crippen MR) is 124 cm³/mol. The number of benzene rings is 2. The molecule has 32 heavy (non-hydrogen) atoms. The van der Waals surface area contributed by atoms with Crippen LogP contribution in [-0.2, 0) is 6.54 Å². The number of fused-ring (bicyclic) bond motifs is 1. The minimum absolute atomic E-state index is 0.0617. The van der Waals surface area contributed by atoms with Gasteiger partial charge >= 0.3 is 5.69 Å². The van der Waals surface area contributed by atoms with Gasteiger partial charge in [0.15, 0.2) is 0 Å². The Labute approximate surface area is 185 Å². The molecule has 5 rings (SSSR count). The van der Waals surface area contributed by atoms with E-state index in [9.17, 15) is 14.4 Å². The number of carbonyl (C=O) groups is 1. The van der Waals surface area contributed by atoms with Gasteiger partial charge in [0.2, 0.25) is 0 Å². The SMILES string of the molecule is CNC(=O)c1ccc(N2CCN(Cc3ccc4c(=O)n(C5CC5)c(=O)[nH]c4c3)CC2)cc1. The van der Waals surface area contributed by atoms with Crippen molar-refractivity contribution in [1.29, 1.82) is 0 Å². The monoisotopic (exact) mass is 433 g/mol. The highest BCUT2D eigenvalue weighted by Gasteiger charge is 2.27. The minimum Gasteiger partial charge on any atom is -0.369 e. The summed E-state index contributed by atoms with van der Waals surface area (Å²) >= 11 is 0. The standard InChI is InChI=1S/C24H27N5O3/c1-25-22(30)17-3-5-18(6-4-17)28-12-10-27(11-13-28)15-16-2-9-20-21(14-16)26-24(32)29(23(20)31)19-7-8-19/h2-6,9,14,19H,7-8,10-13,15H2,1H3,(H,25,30)(H,26,32). The van der Waals surface area contributed by atoms with E-state index in [1.54, 1.807) is 7.05 Å². The highest BCUT2D eigenvalue weighted by molar-refractivity contribution is 5.94. The summed E-state index contributed by atoms with van der Waals surface area (Å²) in [6.07, 6.45) is 1.80. The third kappa shape index (κ3) is 3.93. The zero-order valence-corrected chi connectivity index (χ0v) is 18.1. The number of amides is 1. The van der Waals surface area contributed by atoms with Gasteiger partial charge in [0, 0.05) is 57.1 Å². The molecule has 0 atom stereocenters. The molecule has 1 aliphatic carbocycles. The molecule has 1 aromatic heterocycles. The molecular formula is C24H27N5O3. The summed E-state index contributed by atoms with van der Waals surface area (Å²) in [4.78, 5) is 44.3. The minimum atomic E-state index is -0.307. The molecule has 2 aromatic carbocycles. The summed E-state index contributed by atoms with van der Waals surface area (Å²) < 4.78 is 1.36. The number of nitrogens with one attached hydrogen (secondary N) is 2. The lowest BCUT2D eigenvalue weighted by molar-refractivity contribution is 0.0963. The Hall–Kier alpha value is -3.39. The maximum absolute atomic E-state index is 12.7. The molecule has 1 saturated heterocycles. The van der Waals surface area contributed by atoms with Crippen LogP contribution in [0.15, 0.2) is 52.1 Å². The highest BCUT2D eigenvalue weighted by atomic mass is 16.2. The van der Waals surface area contributed by atoms with Gasteiger partial charge in [-0.3, -0.25) is 19.1 Å². The Balaban J connectivity index is 1.25. The Morgan fingerprint density at radius 3 is 2.41 bits per heavy atom. The predicted octanol–water partition coefficient (Wildman–Crippen LogP) is 1.71. The Kier molecular flexibility index (Phi) is 5.30. The summed E-state index contributed by atoms with van der Waals surface area (Å²) in [7, 11) is 1.63. The number of piperazine rings is 1. The van der Waals surface area contributed by atoms with Crippen LogP contribution in [0, 0.1) is 0 Å². The first kappa shape index (κ1) is 20.5. The quantitative estimate of drug-likeness (QED) is 0.639. The van der Waals surface area contributed by atoms with Crippen molar-refractivity contribution < 1.29 is 4.79 Å². The lowest BCUT2D eigenvalue weighted by Crippen LogP contribution is -2.46. The van der Waals surface area contributed by atoms with E-state index in [4.69, 9.17) is 0 Å². The molecule has 2 heterocycles. The molecule has 2 fully saturated rings. The van der Waals surface area contributed by atoms with Crippen LogP contribution in [0.3, 0.4) is 0 Å². The topological polar surface area (TPSA) is 90.4 Å². The largest absolute Gasteiger partial charge is 0.369 e. The fourth-order valence-electron chi connectivity index (χ4n) is 4.43. The van der Waals surface area contributed by atoms with Crippen molar-refractivity contribution in [3.05, 3.63) is 74.4 Å². The van der Waals surface area contributed by atoms with Crippen LogP contribution in [0.1, 0.15) is 34.8 Å². The first-order valence-electron chi connectivity index (χ1n) is 11.1. The molecule has 166 valence electrons. The van der Waals surface area contributed by atoms with Crippen molar-refractivity contribution in [2.75, 3.05) is 38.1 Å². The molecule has 8 nitrogen and oxygen atoms in total. The van der Waals surface area contributed by atoms with Crippen molar-refractivity contribution in [2.24, 2.45) is 0 Å². The van der Waals surface area contributed by atoms with E-state index >= 15 is 0 Å². The fourth-order valence-corrected chi connectivity index (χ4v) is 4.43. The fraction of sp³-hybridized carbons (Fsp3) is 0.375. The van der Waals surface area contributed by atoms with Crippen molar-refractivity contribution >= 4 is 22.5 Å². The zero-order chi connectivity index (χ0) is 22.2. The van der Waals surface area contributed by atoms with E-state index in [0.717, 1.165) is 56.8 Å². The normalized spacial score (nSPS) is 17.0. The number of rotatable bonds is 5. The zero-order valence-electron chi connectivity index (χ0n) is 18.1. The van der Waals surface area contributed by atoms with E-state index in [1.165, 1.54) is 4.57 Å². The number of anilines is 1. The smallest absolute Gasteiger partial charge is 0.329 e. The third-order valence-corrected chi connectivity index (χ3v) is 6.41. The van der Waals surface area contributed by atoms with E-state index in [-0.39, 0.29) is 23.2 Å². The third-order valence-electron chi connectivity index (χ3n) is 6.41. The van der Waals surface area contributed by atoms with Gasteiger partial charge in [0.1, 0.15) is 0 Å². The van der Waals surface area contributed by atoms with Crippen LogP contribution in [0.2, 0.25) is 0 Å². The van der Waals surface area contributed by atoms with Gasteiger partial charge in [-0.2, -0.15) is 0 Å². The molecule has 8 heteroatoms. The van der Waals surface area contributed by atoms with Crippen molar-refractivity contribution in [3.63, 3.8) is 0 Å². The van der Waals surface area contributed by atoms with Crippen LogP contribution >= 0.6 is 0 Å². The second-order valence-electron chi connectivity index (χ2n) is 8.61. The molecule has 2 N–H and O–H groups in total. The second kappa shape index (κ2) is 8.27. The molecule has 2 aliphatic rings. The van der Waals surface area contributed by atoms with E-state index in [2.05, 4.69) is 20.1 Å². The van der Waals surface area contributed by atoms with Gasteiger partial charge in [-0.05, 0) is 54.8 Å². The Bertz CT molecular complexity index is 1270. The number of aromatic nitrogens is 2. The number of H-pyrrole nitrogens is 1. The van der Waals surface area contributed by atoms with Crippen LogP contribution < -0.4 is 21.5 Å². The number of aromatic amines is 1. The summed E-state index contributed by atoms with van der Waals surface area (Å²) in [5.41, 5.74) is 2.98. The molecule has 0 unspecified atom stereocenters. The summed E-state index contributed by atoms with van der Waals surface area (Å²) in [5, 5.41) is 3.21. The lowest BCUT2D eigenvalue weighted by atomic mass is 10.1. The summed E-state index contributed by atoms with van der Waals surface area (Å²) in [6, 6.07) is 13.5. The van der Waals surface area contributed by atoms with E-state index < -0.39 is 0 Å². The van der Waals surface area contributed by atoms with Crippen LogP contribution in [0.4, 0.5) is 5.69 Å². The van der Waals surface area contributed by atoms with Gasteiger partial charge < -0.3 is 15.2 Å². The molecule has 0 spiro atoms. The van der Waals surface area contributed by atoms with Crippen LogP contribution in [0.25, 0.3) is 10.9 Å².